The predicted molar refractivity (Wildman–Crippen MR) is 92.8 cm³/mol. The third-order valence-electron chi connectivity index (χ3n) is 3.59. The summed E-state index contributed by atoms with van der Waals surface area (Å²) in [7, 11) is 0. The number of nitrogens with one attached hydrogen (secondary N) is 3. The molecule has 0 saturated heterocycles. The molecule has 0 fully saturated rings. The number of anilines is 3. The Hall–Kier alpha value is -2.27. The van der Waals surface area contributed by atoms with Crippen molar-refractivity contribution in [1.29, 1.82) is 0 Å². The molecule has 3 rings (SSSR count). The second-order valence-electron chi connectivity index (χ2n) is 5.07. The Morgan fingerprint density at radius 2 is 1.81 bits per heavy atom. The summed E-state index contributed by atoms with van der Waals surface area (Å²) in [6, 6.07) is 16.8. The van der Waals surface area contributed by atoms with Crippen LogP contribution in [-0.2, 0) is 0 Å². The first-order valence-electron chi connectivity index (χ1n) is 6.98. The first-order valence-corrected chi connectivity index (χ1v) is 7.39. The zero-order valence-electron chi connectivity index (χ0n) is 11.6. The highest BCUT2D eigenvalue weighted by molar-refractivity contribution is 7.80. The highest BCUT2D eigenvalue weighted by Crippen LogP contribution is 2.31. The first-order chi connectivity index (χ1) is 10.2. The fraction of sp³-hybridized carbons (Fsp3) is 0.188. The van der Waals surface area contributed by atoms with Crippen molar-refractivity contribution in [2.45, 2.75) is 12.5 Å². The molecule has 5 N–H and O–H groups in total. The molecular formula is C16H18N4S. The number of hydrogen-bond acceptors (Lipinski definition) is 3. The summed E-state index contributed by atoms with van der Waals surface area (Å²) in [6.07, 6.45) is 1.02. The van der Waals surface area contributed by atoms with E-state index in [0.29, 0.717) is 6.04 Å². The van der Waals surface area contributed by atoms with Crippen molar-refractivity contribution in [2.75, 3.05) is 22.5 Å². The van der Waals surface area contributed by atoms with Gasteiger partial charge in [-0.25, -0.2) is 0 Å². The van der Waals surface area contributed by atoms with Gasteiger partial charge in [0.15, 0.2) is 5.11 Å². The highest BCUT2D eigenvalue weighted by atomic mass is 32.1. The van der Waals surface area contributed by atoms with Crippen LogP contribution in [0.5, 0.6) is 0 Å². The van der Waals surface area contributed by atoms with Crippen LogP contribution < -0.4 is 21.7 Å². The average Bonchev–Trinajstić information content (AvgIpc) is 2.69. The molecule has 2 aromatic rings. The van der Waals surface area contributed by atoms with Crippen molar-refractivity contribution in [3.05, 3.63) is 54.1 Å². The SMILES string of the molecule is NC(=S)Nc1ccc(C2CCNc3ccccc3N2)cc1. The summed E-state index contributed by atoms with van der Waals surface area (Å²) < 4.78 is 0. The molecule has 0 amide bonds. The molecule has 4 nitrogen and oxygen atoms in total. The summed E-state index contributed by atoms with van der Waals surface area (Å²) >= 11 is 4.84. The average molecular weight is 298 g/mol. The third-order valence-corrected chi connectivity index (χ3v) is 3.69. The van der Waals surface area contributed by atoms with Crippen LogP contribution in [0.15, 0.2) is 48.5 Å². The van der Waals surface area contributed by atoms with Gasteiger partial charge in [0.25, 0.3) is 0 Å². The van der Waals surface area contributed by atoms with Crippen LogP contribution >= 0.6 is 12.2 Å². The van der Waals surface area contributed by atoms with E-state index in [4.69, 9.17) is 18.0 Å². The van der Waals surface area contributed by atoms with Gasteiger partial charge in [-0.1, -0.05) is 24.3 Å². The van der Waals surface area contributed by atoms with E-state index in [1.807, 2.05) is 24.3 Å². The zero-order valence-corrected chi connectivity index (χ0v) is 12.4. The molecule has 2 aromatic carbocycles. The van der Waals surface area contributed by atoms with Crippen molar-refractivity contribution in [1.82, 2.24) is 0 Å². The summed E-state index contributed by atoms with van der Waals surface area (Å²) in [6.45, 7) is 0.946. The summed E-state index contributed by atoms with van der Waals surface area (Å²) in [5, 5.41) is 10.3. The van der Waals surface area contributed by atoms with Gasteiger partial charge in [-0.2, -0.15) is 0 Å². The fourth-order valence-electron chi connectivity index (χ4n) is 2.57. The smallest absolute Gasteiger partial charge is 0.168 e. The highest BCUT2D eigenvalue weighted by Gasteiger charge is 2.16. The van der Waals surface area contributed by atoms with Crippen LogP contribution in [0, 0.1) is 0 Å². The maximum atomic E-state index is 5.48. The lowest BCUT2D eigenvalue weighted by atomic mass is 10.0. The van der Waals surface area contributed by atoms with Crippen LogP contribution in [0.25, 0.3) is 0 Å². The number of thiocarbonyl (C=S) groups is 1. The lowest BCUT2D eigenvalue weighted by molar-refractivity contribution is 0.732. The topological polar surface area (TPSA) is 62.1 Å². The molecule has 5 heteroatoms. The van der Waals surface area contributed by atoms with Gasteiger partial charge in [0.05, 0.1) is 17.4 Å². The van der Waals surface area contributed by atoms with E-state index >= 15 is 0 Å². The van der Waals surface area contributed by atoms with Gasteiger partial charge >= 0.3 is 0 Å². The van der Waals surface area contributed by atoms with E-state index in [1.165, 1.54) is 5.56 Å². The van der Waals surface area contributed by atoms with E-state index in [-0.39, 0.29) is 5.11 Å². The van der Waals surface area contributed by atoms with E-state index in [9.17, 15) is 0 Å². The Morgan fingerprint density at radius 1 is 1.10 bits per heavy atom. The second kappa shape index (κ2) is 6.01. The molecule has 0 radical (unpaired) electrons. The van der Waals surface area contributed by atoms with Gasteiger partial charge < -0.3 is 21.7 Å². The maximum absolute atomic E-state index is 5.48. The normalized spacial score (nSPS) is 16.9. The first kappa shape index (κ1) is 13.7. The van der Waals surface area contributed by atoms with E-state index in [2.05, 4.69) is 40.2 Å². The van der Waals surface area contributed by atoms with Crippen molar-refractivity contribution >= 4 is 34.4 Å². The van der Waals surface area contributed by atoms with Crippen LogP contribution in [0.3, 0.4) is 0 Å². The molecule has 1 unspecified atom stereocenters. The van der Waals surface area contributed by atoms with Gasteiger partial charge in [-0.15, -0.1) is 0 Å². The molecule has 0 bridgehead atoms. The summed E-state index contributed by atoms with van der Waals surface area (Å²) in [5.74, 6) is 0. The molecule has 0 aromatic heterocycles. The minimum Gasteiger partial charge on any atom is -0.383 e. The van der Waals surface area contributed by atoms with Gasteiger partial charge in [0.1, 0.15) is 0 Å². The Morgan fingerprint density at radius 3 is 2.52 bits per heavy atom. The number of nitrogens with two attached hydrogens (primary N) is 1. The van der Waals surface area contributed by atoms with Gasteiger partial charge in [0, 0.05) is 12.2 Å². The van der Waals surface area contributed by atoms with Gasteiger partial charge in [0.2, 0.25) is 0 Å². The Labute approximate surface area is 129 Å². The molecular weight excluding hydrogens is 280 g/mol. The van der Waals surface area contributed by atoms with Crippen molar-refractivity contribution in [3.63, 3.8) is 0 Å². The quantitative estimate of drug-likeness (QED) is 0.641. The number of para-hydroxylation sites is 2. The molecule has 0 aliphatic carbocycles. The molecule has 0 saturated carbocycles. The fourth-order valence-corrected chi connectivity index (χ4v) is 2.68. The van der Waals surface area contributed by atoms with Crippen LogP contribution in [-0.4, -0.2) is 11.7 Å². The van der Waals surface area contributed by atoms with E-state index < -0.39 is 0 Å². The van der Waals surface area contributed by atoms with Gasteiger partial charge in [-0.3, -0.25) is 0 Å². The molecule has 0 spiro atoms. The molecule has 1 aliphatic rings. The molecule has 1 heterocycles. The zero-order chi connectivity index (χ0) is 14.7. The number of fused-ring (bicyclic) bond motifs is 1. The minimum absolute atomic E-state index is 0.286. The Bertz CT molecular complexity index is 639. The van der Waals surface area contributed by atoms with Crippen LogP contribution in [0.4, 0.5) is 17.1 Å². The van der Waals surface area contributed by atoms with Crippen LogP contribution in [0.2, 0.25) is 0 Å². The predicted octanol–water partition coefficient (Wildman–Crippen LogP) is 3.31. The number of rotatable bonds is 2. The maximum Gasteiger partial charge on any atom is 0.168 e. The molecule has 108 valence electrons. The lowest BCUT2D eigenvalue weighted by Gasteiger charge is -2.18. The number of benzene rings is 2. The van der Waals surface area contributed by atoms with Crippen LogP contribution in [0.1, 0.15) is 18.0 Å². The van der Waals surface area contributed by atoms with Crippen molar-refractivity contribution in [3.8, 4) is 0 Å². The summed E-state index contributed by atoms with van der Waals surface area (Å²) in [5.41, 5.74) is 9.95. The summed E-state index contributed by atoms with van der Waals surface area (Å²) in [4.78, 5) is 0. The number of hydrogen-bond donors (Lipinski definition) is 4. The minimum atomic E-state index is 0.286. The Kier molecular flexibility index (Phi) is 3.92. The Balaban J connectivity index is 1.79. The largest absolute Gasteiger partial charge is 0.383 e. The monoisotopic (exact) mass is 298 g/mol. The second-order valence-corrected chi connectivity index (χ2v) is 5.51. The lowest BCUT2D eigenvalue weighted by Crippen LogP contribution is -2.19. The van der Waals surface area contributed by atoms with Gasteiger partial charge in [-0.05, 0) is 48.5 Å². The standard InChI is InChI=1S/C16H18N4S/c17-16(21)19-12-7-5-11(6-8-12)13-9-10-18-14-3-1-2-4-15(14)20-13/h1-8,13,18,20H,9-10H2,(H3,17,19,21). The van der Waals surface area contributed by atoms with E-state index in [1.54, 1.807) is 0 Å². The van der Waals surface area contributed by atoms with E-state index in [0.717, 1.165) is 30.0 Å². The molecule has 1 aliphatic heterocycles. The van der Waals surface area contributed by atoms with Crippen molar-refractivity contribution < 1.29 is 0 Å². The third kappa shape index (κ3) is 3.25. The van der Waals surface area contributed by atoms with Crippen molar-refractivity contribution in [2.24, 2.45) is 5.73 Å². The molecule has 1 atom stereocenters. The molecule has 21 heavy (non-hydrogen) atoms.